The maximum atomic E-state index is 12.6. The summed E-state index contributed by atoms with van der Waals surface area (Å²) in [7, 11) is 0. The molecule has 1 saturated carbocycles. The van der Waals surface area contributed by atoms with Gasteiger partial charge in [0.2, 0.25) is 0 Å². The smallest absolute Gasteiger partial charge is 0.317 e. The molecule has 1 N–H and O–H groups in total. The molecule has 23 heavy (non-hydrogen) atoms. The molecular formula is C17H16N4OS. The van der Waals surface area contributed by atoms with E-state index in [1.165, 1.54) is 11.3 Å². The minimum Gasteiger partial charge on any atom is -0.317 e. The number of para-hydroxylation sites is 1. The summed E-state index contributed by atoms with van der Waals surface area (Å²) in [6.07, 6.45) is 5.65. The summed E-state index contributed by atoms with van der Waals surface area (Å²) in [5.74, 6) is 0. The summed E-state index contributed by atoms with van der Waals surface area (Å²) in [5.41, 5.74) is 2.01. The highest BCUT2D eigenvalue weighted by Gasteiger charge is 2.33. The number of nitrogens with one attached hydrogen (secondary N) is 1. The van der Waals surface area contributed by atoms with Gasteiger partial charge < -0.3 is 4.90 Å². The van der Waals surface area contributed by atoms with Crippen LogP contribution in [0.15, 0.2) is 48.8 Å². The second-order valence-electron chi connectivity index (χ2n) is 5.63. The predicted molar refractivity (Wildman–Crippen MR) is 91.4 cm³/mol. The van der Waals surface area contributed by atoms with Crippen LogP contribution in [0.3, 0.4) is 0 Å². The predicted octanol–water partition coefficient (Wildman–Crippen LogP) is 3.89. The number of pyridine rings is 1. The van der Waals surface area contributed by atoms with Crippen LogP contribution < -0.4 is 5.32 Å². The Morgan fingerprint density at radius 1 is 1.22 bits per heavy atom. The Morgan fingerprint density at radius 3 is 2.74 bits per heavy atom. The minimum absolute atomic E-state index is 0.0802. The van der Waals surface area contributed by atoms with Crippen molar-refractivity contribution in [3.8, 4) is 0 Å². The SMILES string of the molecule is O=C(Nc1nc2ccccc2s1)N(Cc1ccncc1)C1CC1. The maximum absolute atomic E-state index is 12.6. The quantitative estimate of drug-likeness (QED) is 0.792. The second-order valence-corrected chi connectivity index (χ2v) is 6.66. The number of anilines is 1. The molecule has 0 atom stereocenters. The van der Waals surface area contributed by atoms with Gasteiger partial charge in [0.05, 0.1) is 10.2 Å². The van der Waals surface area contributed by atoms with Gasteiger partial charge >= 0.3 is 6.03 Å². The van der Waals surface area contributed by atoms with Crippen LogP contribution >= 0.6 is 11.3 Å². The molecule has 0 spiro atoms. The third kappa shape index (κ3) is 3.17. The zero-order valence-corrected chi connectivity index (χ0v) is 13.3. The van der Waals surface area contributed by atoms with Crippen LogP contribution in [0.4, 0.5) is 9.93 Å². The number of aromatic nitrogens is 2. The van der Waals surface area contributed by atoms with Crippen molar-refractivity contribution in [1.29, 1.82) is 0 Å². The van der Waals surface area contributed by atoms with Crippen LogP contribution in [0, 0.1) is 0 Å². The molecule has 2 aromatic heterocycles. The first-order chi connectivity index (χ1) is 11.3. The number of urea groups is 1. The van der Waals surface area contributed by atoms with Crippen molar-refractivity contribution in [1.82, 2.24) is 14.9 Å². The number of hydrogen-bond donors (Lipinski definition) is 1. The van der Waals surface area contributed by atoms with Crippen molar-refractivity contribution in [3.05, 3.63) is 54.4 Å². The number of amides is 2. The van der Waals surface area contributed by atoms with E-state index in [-0.39, 0.29) is 6.03 Å². The van der Waals surface area contributed by atoms with Crippen LogP contribution in [0.25, 0.3) is 10.2 Å². The third-order valence-electron chi connectivity index (χ3n) is 3.86. The molecule has 116 valence electrons. The van der Waals surface area contributed by atoms with Gasteiger partial charge in [-0.15, -0.1) is 0 Å². The highest BCUT2D eigenvalue weighted by atomic mass is 32.1. The van der Waals surface area contributed by atoms with Crippen LogP contribution in [0.1, 0.15) is 18.4 Å². The number of nitrogens with zero attached hydrogens (tertiary/aromatic N) is 3. The van der Waals surface area contributed by atoms with Gasteiger partial charge in [0.1, 0.15) is 0 Å². The van der Waals surface area contributed by atoms with E-state index in [9.17, 15) is 4.79 Å². The Kier molecular flexibility index (Phi) is 3.67. The fourth-order valence-electron chi connectivity index (χ4n) is 2.53. The Hall–Kier alpha value is -2.47. The lowest BCUT2D eigenvalue weighted by Gasteiger charge is -2.22. The van der Waals surface area contributed by atoms with Crippen molar-refractivity contribution in [2.75, 3.05) is 5.32 Å². The van der Waals surface area contributed by atoms with E-state index in [0.717, 1.165) is 28.6 Å². The molecule has 5 nitrogen and oxygen atoms in total. The normalized spacial score (nSPS) is 13.9. The number of fused-ring (bicyclic) bond motifs is 1. The molecule has 6 heteroatoms. The highest BCUT2D eigenvalue weighted by molar-refractivity contribution is 7.22. The Balaban J connectivity index is 1.51. The molecule has 0 saturated heterocycles. The van der Waals surface area contributed by atoms with Gasteiger partial charge in [-0.1, -0.05) is 23.5 Å². The van der Waals surface area contributed by atoms with Gasteiger partial charge in [0.25, 0.3) is 0 Å². The molecule has 2 heterocycles. The van der Waals surface area contributed by atoms with Crippen LogP contribution in [-0.2, 0) is 6.54 Å². The Bertz CT molecular complexity index is 796. The summed E-state index contributed by atoms with van der Waals surface area (Å²) < 4.78 is 1.08. The summed E-state index contributed by atoms with van der Waals surface area (Å²) in [6.45, 7) is 0.601. The van der Waals surface area contributed by atoms with Crippen molar-refractivity contribution < 1.29 is 4.79 Å². The topological polar surface area (TPSA) is 58.1 Å². The monoisotopic (exact) mass is 324 g/mol. The third-order valence-corrected chi connectivity index (χ3v) is 4.81. The molecule has 1 aromatic carbocycles. The van der Waals surface area contributed by atoms with Crippen LogP contribution in [0.5, 0.6) is 0 Å². The number of rotatable bonds is 4. The van der Waals surface area contributed by atoms with Crippen molar-refractivity contribution in [3.63, 3.8) is 0 Å². The molecular weight excluding hydrogens is 308 g/mol. The fraction of sp³-hybridized carbons (Fsp3) is 0.235. The zero-order valence-electron chi connectivity index (χ0n) is 12.5. The molecule has 2 amide bonds. The van der Waals surface area contributed by atoms with Gasteiger partial charge in [-0.05, 0) is 42.7 Å². The van der Waals surface area contributed by atoms with E-state index in [4.69, 9.17) is 0 Å². The average molecular weight is 324 g/mol. The Labute approximate surface area is 138 Å². The molecule has 1 aliphatic carbocycles. The molecule has 0 bridgehead atoms. The number of hydrogen-bond acceptors (Lipinski definition) is 4. The molecule has 0 radical (unpaired) electrons. The van der Waals surface area contributed by atoms with Crippen molar-refractivity contribution >= 4 is 32.7 Å². The van der Waals surface area contributed by atoms with E-state index >= 15 is 0 Å². The number of benzene rings is 1. The molecule has 0 unspecified atom stereocenters. The van der Waals surface area contributed by atoms with E-state index in [1.807, 2.05) is 41.3 Å². The van der Waals surface area contributed by atoms with Crippen LogP contribution in [-0.4, -0.2) is 26.9 Å². The zero-order chi connectivity index (χ0) is 15.6. The Morgan fingerprint density at radius 2 is 2.00 bits per heavy atom. The van der Waals surface area contributed by atoms with E-state index in [1.54, 1.807) is 12.4 Å². The summed E-state index contributed by atoms with van der Waals surface area (Å²) in [4.78, 5) is 23.0. The van der Waals surface area contributed by atoms with Gasteiger partial charge in [-0.25, -0.2) is 9.78 Å². The minimum atomic E-state index is -0.0802. The number of thiazole rings is 1. The fourth-order valence-corrected chi connectivity index (χ4v) is 3.38. The number of carbonyl (C=O) groups excluding carboxylic acids is 1. The lowest BCUT2D eigenvalue weighted by atomic mass is 10.2. The van der Waals surface area contributed by atoms with Gasteiger partial charge in [0, 0.05) is 25.0 Å². The first kappa shape index (κ1) is 14.1. The second kappa shape index (κ2) is 5.96. The van der Waals surface area contributed by atoms with Gasteiger partial charge in [-0.2, -0.15) is 0 Å². The van der Waals surface area contributed by atoms with Gasteiger partial charge in [0.15, 0.2) is 5.13 Å². The average Bonchev–Trinajstić information content (AvgIpc) is 3.33. The van der Waals surface area contributed by atoms with Gasteiger partial charge in [-0.3, -0.25) is 10.3 Å². The van der Waals surface area contributed by atoms with Crippen molar-refractivity contribution in [2.45, 2.75) is 25.4 Å². The van der Waals surface area contributed by atoms with E-state index in [2.05, 4.69) is 15.3 Å². The first-order valence-electron chi connectivity index (χ1n) is 7.62. The first-order valence-corrected chi connectivity index (χ1v) is 8.43. The standard InChI is InChI=1S/C17H16N4OS/c22-17(20-16-19-14-3-1-2-4-15(14)23-16)21(13-5-6-13)11-12-7-9-18-10-8-12/h1-4,7-10,13H,5-6,11H2,(H,19,20,22). The van der Waals surface area contributed by atoms with E-state index < -0.39 is 0 Å². The maximum Gasteiger partial charge on any atom is 0.324 e. The lowest BCUT2D eigenvalue weighted by Crippen LogP contribution is -2.36. The molecule has 4 rings (SSSR count). The molecule has 3 aromatic rings. The summed E-state index contributed by atoms with van der Waals surface area (Å²) in [6, 6.07) is 12.0. The molecule has 0 aliphatic heterocycles. The molecule has 1 fully saturated rings. The highest BCUT2D eigenvalue weighted by Crippen LogP contribution is 2.30. The number of carbonyl (C=O) groups is 1. The lowest BCUT2D eigenvalue weighted by molar-refractivity contribution is 0.206. The van der Waals surface area contributed by atoms with Crippen LogP contribution in [0.2, 0.25) is 0 Å². The largest absolute Gasteiger partial charge is 0.324 e. The molecule has 1 aliphatic rings. The van der Waals surface area contributed by atoms with E-state index in [0.29, 0.717) is 17.7 Å². The summed E-state index contributed by atoms with van der Waals surface area (Å²) >= 11 is 1.50. The van der Waals surface area contributed by atoms with Crippen molar-refractivity contribution in [2.24, 2.45) is 0 Å². The summed E-state index contributed by atoms with van der Waals surface area (Å²) in [5, 5.41) is 3.60.